The van der Waals surface area contributed by atoms with Crippen LogP contribution in [0.15, 0.2) is 54.9 Å². The van der Waals surface area contributed by atoms with Gasteiger partial charge >= 0.3 is 0 Å². The first-order valence-electron chi connectivity index (χ1n) is 10.3. The van der Waals surface area contributed by atoms with Crippen molar-refractivity contribution in [3.63, 3.8) is 0 Å². The van der Waals surface area contributed by atoms with E-state index in [0.29, 0.717) is 5.75 Å². The monoisotopic (exact) mass is 420 g/mol. The fourth-order valence-corrected chi connectivity index (χ4v) is 4.39. The molecule has 1 N–H and O–H groups in total. The quantitative estimate of drug-likeness (QED) is 0.628. The van der Waals surface area contributed by atoms with E-state index in [0.717, 1.165) is 42.1 Å². The summed E-state index contributed by atoms with van der Waals surface area (Å²) in [6.45, 7) is 1.60. The van der Waals surface area contributed by atoms with Crippen molar-refractivity contribution in [2.45, 2.75) is 25.6 Å². The lowest BCUT2D eigenvalue weighted by atomic mass is 9.87. The first-order valence-corrected chi connectivity index (χ1v) is 10.3. The Morgan fingerprint density at radius 1 is 0.935 bits per heavy atom. The van der Waals surface area contributed by atoms with Gasteiger partial charge in [-0.1, -0.05) is 6.07 Å². The fraction of sp³-hybridized carbons (Fsp3) is 0.320. The Hall–Kier alpha value is -3.09. The molecule has 4 rings (SSSR count). The number of ether oxygens (including phenoxy) is 3. The molecule has 0 radical (unpaired) electrons. The van der Waals surface area contributed by atoms with E-state index in [2.05, 4.69) is 40.2 Å². The number of hydrogen-bond acceptors (Lipinski definition) is 6. The van der Waals surface area contributed by atoms with E-state index in [1.165, 1.54) is 16.7 Å². The molecule has 162 valence electrons. The predicted molar refractivity (Wildman–Crippen MR) is 119 cm³/mol. The molecular formula is C25H28N2O4. The van der Waals surface area contributed by atoms with Crippen molar-refractivity contribution >= 4 is 0 Å². The lowest BCUT2D eigenvalue weighted by Crippen LogP contribution is -2.35. The number of hydrogen-bond donors (Lipinski definition) is 1. The lowest BCUT2D eigenvalue weighted by molar-refractivity contribution is 0.203. The van der Waals surface area contributed by atoms with Crippen molar-refractivity contribution in [3.8, 4) is 17.2 Å². The highest BCUT2D eigenvalue weighted by molar-refractivity contribution is 5.51. The van der Waals surface area contributed by atoms with Crippen LogP contribution in [0.2, 0.25) is 0 Å². The number of nitrogens with zero attached hydrogens (tertiary/aromatic N) is 2. The first kappa shape index (κ1) is 21.2. The van der Waals surface area contributed by atoms with E-state index in [9.17, 15) is 5.11 Å². The van der Waals surface area contributed by atoms with Gasteiger partial charge in [0.2, 0.25) is 0 Å². The molecule has 0 aliphatic carbocycles. The molecule has 0 amide bonds. The molecule has 6 nitrogen and oxygen atoms in total. The molecule has 6 heteroatoms. The minimum atomic E-state index is -0.0510. The lowest BCUT2D eigenvalue weighted by Gasteiger charge is -2.38. The molecule has 2 aromatic carbocycles. The Labute approximate surface area is 183 Å². The number of pyridine rings is 1. The average molecular weight is 421 g/mol. The Morgan fingerprint density at radius 3 is 2.32 bits per heavy atom. The number of methoxy groups -OCH3 is 3. The molecule has 0 fully saturated rings. The molecule has 0 bridgehead atoms. The summed E-state index contributed by atoms with van der Waals surface area (Å²) >= 11 is 0. The van der Waals surface area contributed by atoms with Crippen molar-refractivity contribution in [1.29, 1.82) is 0 Å². The highest BCUT2D eigenvalue weighted by Gasteiger charge is 2.30. The number of aliphatic hydroxyl groups excluding tert-OH is 1. The van der Waals surface area contributed by atoms with E-state index in [-0.39, 0.29) is 12.6 Å². The van der Waals surface area contributed by atoms with Gasteiger partial charge in [-0.15, -0.1) is 0 Å². The van der Waals surface area contributed by atoms with Gasteiger partial charge in [0, 0.05) is 31.0 Å². The second-order valence-corrected chi connectivity index (χ2v) is 7.61. The highest BCUT2D eigenvalue weighted by Crippen LogP contribution is 2.41. The largest absolute Gasteiger partial charge is 0.496 e. The maximum atomic E-state index is 9.72. The van der Waals surface area contributed by atoms with Gasteiger partial charge in [-0.3, -0.25) is 9.88 Å². The zero-order valence-electron chi connectivity index (χ0n) is 18.2. The summed E-state index contributed by atoms with van der Waals surface area (Å²) in [7, 11) is 4.96. The van der Waals surface area contributed by atoms with Crippen molar-refractivity contribution in [1.82, 2.24) is 9.88 Å². The number of fused-ring (bicyclic) bond motifs is 1. The van der Waals surface area contributed by atoms with Gasteiger partial charge in [0.1, 0.15) is 5.75 Å². The fourth-order valence-electron chi connectivity index (χ4n) is 4.39. The van der Waals surface area contributed by atoms with Crippen molar-refractivity contribution in [2.24, 2.45) is 0 Å². The molecule has 1 aliphatic heterocycles. The Kier molecular flexibility index (Phi) is 6.39. The van der Waals surface area contributed by atoms with Crippen molar-refractivity contribution < 1.29 is 19.3 Å². The topological polar surface area (TPSA) is 64.1 Å². The van der Waals surface area contributed by atoms with Crippen LogP contribution < -0.4 is 14.2 Å². The molecule has 1 aromatic heterocycles. The second-order valence-electron chi connectivity index (χ2n) is 7.61. The van der Waals surface area contributed by atoms with E-state index in [4.69, 9.17) is 14.2 Å². The van der Waals surface area contributed by atoms with Crippen LogP contribution in [0.3, 0.4) is 0 Å². The molecule has 0 saturated heterocycles. The Balaban J connectivity index is 1.75. The summed E-state index contributed by atoms with van der Waals surface area (Å²) in [5.74, 6) is 2.19. The molecule has 31 heavy (non-hydrogen) atoms. The molecule has 2 heterocycles. The first-order chi connectivity index (χ1) is 15.2. The van der Waals surface area contributed by atoms with Gasteiger partial charge in [-0.25, -0.2) is 0 Å². The third-order valence-corrected chi connectivity index (χ3v) is 5.90. The third-order valence-electron chi connectivity index (χ3n) is 5.90. The van der Waals surface area contributed by atoms with Crippen LogP contribution in [0.5, 0.6) is 17.2 Å². The van der Waals surface area contributed by atoms with E-state index < -0.39 is 0 Å². The smallest absolute Gasteiger partial charge is 0.161 e. The van der Waals surface area contributed by atoms with Crippen LogP contribution in [0.1, 0.15) is 33.9 Å². The third kappa shape index (κ3) is 4.22. The van der Waals surface area contributed by atoms with Crippen molar-refractivity contribution in [3.05, 3.63) is 82.7 Å². The highest BCUT2D eigenvalue weighted by atomic mass is 16.5. The molecule has 3 aromatic rings. The van der Waals surface area contributed by atoms with Gasteiger partial charge in [0.05, 0.1) is 34.0 Å². The molecule has 0 saturated carbocycles. The minimum absolute atomic E-state index is 0.0510. The normalized spacial score (nSPS) is 15.9. The molecular weight excluding hydrogens is 392 g/mol. The molecule has 1 aliphatic rings. The Bertz CT molecular complexity index is 1040. The summed E-state index contributed by atoms with van der Waals surface area (Å²) in [6, 6.07) is 14.4. The van der Waals surface area contributed by atoms with Crippen LogP contribution in [0.25, 0.3) is 0 Å². The predicted octanol–water partition coefficient (Wildman–Crippen LogP) is 3.75. The SMILES string of the molecule is COc1ccc(CN2CCc3cc(OC)c(OC)cc3[C@H]2c2ccncc2)cc1CO. The zero-order chi connectivity index (χ0) is 21.8. The molecule has 1 atom stereocenters. The van der Waals surface area contributed by atoms with Crippen LogP contribution in [-0.4, -0.2) is 42.9 Å². The van der Waals surface area contributed by atoms with Gasteiger partial charge in [0.15, 0.2) is 11.5 Å². The summed E-state index contributed by atoms with van der Waals surface area (Å²) in [5, 5.41) is 9.72. The molecule has 0 unspecified atom stereocenters. The van der Waals surface area contributed by atoms with Gasteiger partial charge < -0.3 is 19.3 Å². The van der Waals surface area contributed by atoms with E-state index in [1.807, 2.05) is 24.5 Å². The van der Waals surface area contributed by atoms with Gasteiger partial charge in [-0.05, 0) is 65.1 Å². The minimum Gasteiger partial charge on any atom is -0.496 e. The van der Waals surface area contributed by atoms with E-state index >= 15 is 0 Å². The summed E-state index contributed by atoms with van der Waals surface area (Å²) in [6.07, 6.45) is 4.58. The second kappa shape index (κ2) is 9.37. The Morgan fingerprint density at radius 2 is 1.65 bits per heavy atom. The number of rotatable bonds is 7. The van der Waals surface area contributed by atoms with Gasteiger partial charge in [0.25, 0.3) is 0 Å². The maximum absolute atomic E-state index is 9.72. The van der Waals surface area contributed by atoms with Crippen LogP contribution in [-0.2, 0) is 19.6 Å². The summed E-state index contributed by atoms with van der Waals surface area (Å²) < 4.78 is 16.5. The van der Waals surface area contributed by atoms with Crippen LogP contribution in [0.4, 0.5) is 0 Å². The summed E-state index contributed by atoms with van der Waals surface area (Å²) in [4.78, 5) is 6.65. The molecule has 0 spiro atoms. The average Bonchev–Trinajstić information content (AvgIpc) is 2.83. The zero-order valence-corrected chi connectivity index (χ0v) is 18.2. The van der Waals surface area contributed by atoms with Gasteiger partial charge in [-0.2, -0.15) is 0 Å². The summed E-state index contributed by atoms with van der Waals surface area (Å²) in [5.41, 5.74) is 5.59. The van der Waals surface area contributed by atoms with E-state index in [1.54, 1.807) is 21.3 Å². The number of benzene rings is 2. The van der Waals surface area contributed by atoms with Crippen LogP contribution in [0, 0.1) is 0 Å². The van der Waals surface area contributed by atoms with Crippen LogP contribution >= 0.6 is 0 Å². The maximum Gasteiger partial charge on any atom is 0.161 e. The number of aliphatic hydroxyl groups is 1. The number of aromatic nitrogens is 1. The van der Waals surface area contributed by atoms with Crippen molar-refractivity contribution in [2.75, 3.05) is 27.9 Å². The standard InChI is InChI=1S/C25H28N2O4/c1-29-22-5-4-17(12-20(22)16-28)15-27-11-8-19-13-23(30-2)24(31-3)14-21(19)25(27)18-6-9-26-10-7-18/h4-7,9-10,12-14,25,28H,8,11,15-16H2,1-3H3/t25-/m1/s1.